The van der Waals surface area contributed by atoms with E-state index < -0.39 is 0 Å². The molecule has 1 aliphatic heterocycles. The molecule has 1 atom stereocenters. The van der Waals surface area contributed by atoms with Crippen LogP contribution < -0.4 is 5.32 Å². The first-order valence-corrected chi connectivity index (χ1v) is 5.93. The van der Waals surface area contributed by atoms with Crippen LogP contribution in [-0.2, 0) is 0 Å². The molecular formula is C11H18N4O2. The summed E-state index contributed by atoms with van der Waals surface area (Å²) in [5, 5.41) is 6.97. The minimum absolute atomic E-state index is 0.147. The van der Waals surface area contributed by atoms with Crippen LogP contribution in [0.15, 0.2) is 4.52 Å². The Morgan fingerprint density at radius 2 is 2.47 bits per heavy atom. The molecule has 1 N–H and O–H groups in total. The maximum Gasteiger partial charge on any atom is 0.295 e. The summed E-state index contributed by atoms with van der Waals surface area (Å²) in [7, 11) is 1.78. The second-order valence-corrected chi connectivity index (χ2v) is 4.54. The molecule has 1 fully saturated rings. The lowest BCUT2D eigenvalue weighted by Crippen LogP contribution is -2.39. The van der Waals surface area contributed by atoms with E-state index in [1.54, 1.807) is 18.9 Å². The Hall–Kier alpha value is -1.43. The standard InChI is InChI=1S/C11H18N4O2/c1-8-13-10(14-17-8)11(16)15(2)7-9-4-3-5-12-6-9/h9,12H,3-7H2,1-2H3. The summed E-state index contributed by atoms with van der Waals surface area (Å²) >= 11 is 0. The van der Waals surface area contributed by atoms with Crippen molar-refractivity contribution >= 4 is 5.91 Å². The highest BCUT2D eigenvalue weighted by Gasteiger charge is 2.21. The lowest BCUT2D eigenvalue weighted by Gasteiger charge is -2.26. The van der Waals surface area contributed by atoms with E-state index in [-0.39, 0.29) is 11.7 Å². The van der Waals surface area contributed by atoms with Gasteiger partial charge in [-0.2, -0.15) is 4.98 Å². The molecule has 2 heterocycles. The number of rotatable bonds is 3. The second-order valence-electron chi connectivity index (χ2n) is 4.54. The number of aromatic nitrogens is 2. The van der Waals surface area contributed by atoms with Gasteiger partial charge in [0, 0.05) is 20.5 Å². The van der Waals surface area contributed by atoms with Gasteiger partial charge in [0.2, 0.25) is 5.89 Å². The van der Waals surface area contributed by atoms with Crippen LogP contribution in [0.3, 0.4) is 0 Å². The number of nitrogens with one attached hydrogen (secondary N) is 1. The Morgan fingerprint density at radius 3 is 3.06 bits per heavy atom. The molecule has 17 heavy (non-hydrogen) atoms. The first kappa shape index (κ1) is 12.0. The van der Waals surface area contributed by atoms with E-state index in [9.17, 15) is 4.79 Å². The predicted octanol–water partition coefficient (Wildman–Crippen LogP) is 0.450. The van der Waals surface area contributed by atoms with Crippen LogP contribution in [0.5, 0.6) is 0 Å². The lowest BCUT2D eigenvalue weighted by atomic mass is 9.99. The molecule has 1 aliphatic rings. The summed E-state index contributed by atoms with van der Waals surface area (Å²) in [5.41, 5.74) is 0. The van der Waals surface area contributed by atoms with Gasteiger partial charge >= 0.3 is 0 Å². The molecule has 1 saturated heterocycles. The number of nitrogens with zero attached hydrogens (tertiary/aromatic N) is 3. The maximum atomic E-state index is 12.0. The van der Waals surface area contributed by atoms with Gasteiger partial charge in [-0.05, 0) is 31.8 Å². The highest BCUT2D eigenvalue weighted by atomic mass is 16.5. The normalized spacial score (nSPS) is 20.2. The predicted molar refractivity (Wildman–Crippen MR) is 61.6 cm³/mol. The minimum atomic E-state index is -0.174. The number of carbonyl (C=O) groups is 1. The number of hydrogen-bond acceptors (Lipinski definition) is 5. The molecule has 1 amide bonds. The summed E-state index contributed by atoms with van der Waals surface area (Å²) in [6, 6.07) is 0. The molecular weight excluding hydrogens is 220 g/mol. The summed E-state index contributed by atoms with van der Waals surface area (Å²) in [6.07, 6.45) is 2.34. The molecule has 0 aromatic carbocycles. The Labute approximate surface area is 100 Å². The highest BCUT2D eigenvalue weighted by molar-refractivity contribution is 5.90. The summed E-state index contributed by atoms with van der Waals surface area (Å²) in [4.78, 5) is 17.6. The fourth-order valence-electron chi connectivity index (χ4n) is 2.11. The fraction of sp³-hybridized carbons (Fsp3) is 0.727. The van der Waals surface area contributed by atoms with Crippen molar-refractivity contribution in [2.75, 3.05) is 26.7 Å². The fourth-order valence-corrected chi connectivity index (χ4v) is 2.11. The van der Waals surface area contributed by atoms with Crippen molar-refractivity contribution in [1.82, 2.24) is 20.4 Å². The third-order valence-corrected chi connectivity index (χ3v) is 3.00. The Kier molecular flexibility index (Phi) is 3.73. The van der Waals surface area contributed by atoms with Crippen LogP contribution in [0.4, 0.5) is 0 Å². The summed E-state index contributed by atoms with van der Waals surface area (Å²) in [6.45, 7) is 4.47. The van der Waals surface area contributed by atoms with Gasteiger partial charge in [0.15, 0.2) is 0 Å². The van der Waals surface area contributed by atoms with Crippen LogP contribution >= 0.6 is 0 Å². The van der Waals surface area contributed by atoms with Gasteiger partial charge in [0.05, 0.1) is 0 Å². The Bertz CT molecular complexity index is 385. The van der Waals surface area contributed by atoms with Gasteiger partial charge in [-0.25, -0.2) is 0 Å². The second kappa shape index (κ2) is 5.27. The molecule has 6 nitrogen and oxygen atoms in total. The third-order valence-electron chi connectivity index (χ3n) is 3.00. The molecule has 6 heteroatoms. The topological polar surface area (TPSA) is 71.3 Å². The van der Waals surface area contributed by atoms with Crippen LogP contribution in [0.2, 0.25) is 0 Å². The third kappa shape index (κ3) is 3.03. The number of amides is 1. The average Bonchev–Trinajstić information content (AvgIpc) is 2.76. The minimum Gasteiger partial charge on any atom is -0.339 e. The number of aryl methyl sites for hydroxylation is 1. The zero-order valence-electron chi connectivity index (χ0n) is 10.3. The molecule has 1 aromatic rings. The van der Waals surface area contributed by atoms with E-state index in [0.717, 1.165) is 26.1 Å². The lowest BCUT2D eigenvalue weighted by molar-refractivity contribution is 0.0749. The number of piperidine rings is 1. The van der Waals surface area contributed by atoms with Crippen LogP contribution in [0, 0.1) is 12.8 Å². The van der Waals surface area contributed by atoms with Crippen LogP contribution in [0.25, 0.3) is 0 Å². The summed E-state index contributed by atoms with van der Waals surface area (Å²) < 4.78 is 4.80. The molecule has 0 radical (unpaired) electrons. The Morgan fingerprint density at radius 1 is 1.65 bits per heavy atom. The van der Waals surface area contributed by atoms with E-state index in [1.165, 1.54) is 6.42 Å². The van der Waals surface area contributed by atoms with Crippen molar-refractivity contribution in [1.29, 1.82) is 0 Å². The van der Waals surface area contributed by atoms with E-state index in [2.05, 4.69) is 15.5 Å². The largest absolute Gasteiger partial charge is 0.339 e. The van der Waals surface area contributed by atoms with Crippen LogP contribution in [0.1, 0.15) is 29.4 Å². The molecule has 2 rings (SSSR count). The van der Waals surface area contributed by atoms with E-state index in [4.69, 9.17) is 4.52 Å². The first-order chi connectivity index (χ1) is 8.16. The van der Waals surface area contributed by atoms with E-state index in [0.29, 0.717) is 11.8 Å². The zero-order valence-corrected chi connectivity index (χ0v) is 10.3. The molecule has 0 saturated carbocycles. The zero-order chi connectivity index (χ0) is 12.3. The van der Waals surface area contributed by atoms with Gasteiger partial charge in [-0.3, -0.25) is 4.79 Å². The number of carbonyl (C=O) groups excluding carboxylic acids is 1. The SMILES string of the molecule is Cc1nc(C(=O)N(C)CC2CCCNC2)no1. The van der Waals surface area contributed by atoms with E-state index in [1.807, 2.05) is 0 Å². The van der Waals surface area contributed by atoms with Crippen molar-refractivity contribution in [3.8, 4) is 0 Å². The molecule has 1 aromatic heterocycles. The average molecular weight is 238 g/mol. The van der Waals surface area contributed by atoms with Crippen molar-refractivity contribution < 1.29 is 9.32 Å². The smallest absolute Gasteiger partial charge is 0.295 e. The monoisotopic (exact) mass is 238 g/mol. The molecule has 0 bridgehead atoms. The van der Waals surface area contributed by atoms with E-state index >= 15 is 0 Å². The van der Waals surface area contributed by atoms with Crippen molar-refractivity contribution in [2.45, 2.75) is 19.8 Å². The van der Waals surface area contributed by atoms with Gasteiger partial charge in [0.25, 0.3) is 11.7 Å². The number of hydrogen-bond donors (Lipinski definition) is 1. The molecule has 1 unspecified atom stereocenters. The molecule has 0 spiro atoms. The van der Waals surface area contributed by atoms with Crippen molar-refractivity contribution in [2.24, 2.45) is 5.92 Å². The molecule has 94 valence electrons. The van der Waals surface area contributed by atoms with Crippen molar-refractivity contribution in [3.63, 3.8) is 0 Å². The Balaban J connectivity index is 1.90. The van der Waals surface area contributed by atoms with Gasteiger partial charge in [-0.15, -0.1) is 0 Å². The maximum absolute atomic E-state index is 12.0. The molecule has 0 aliphatic carbocycles. The van der Waals surface area contributed by atoms with Crippen molar-refractivity contribution in [3.05, 3.63) is 11.7 Å². The van der Waals surface area contributed by atoms with Gasteiger partial charge in [0.1, 0.15) is 0 Å². The first-order valence-electron chi connectivity index (χ1n) is 5.93. The summed E-state index contributed by atoms with van der Waals surface area (Å²) in [5.74, 6) is 0.910. The van der Waals surface area contributed by atoms with Crippen LogP contribution in [-0.4, -0.2) is 47.6 Å². The highest BCUT2D eigenvalue weighted by Crippen LogP contribution is 2.12. The van der Waals surface area contributed by atoms with Gasteiger partial charge < -0.3 is 14.7 Å². The quantitative estimate of drug-likeness (QED) is 0.827. The van der Waals surface area contributed by atoms with Gasteiger partial charge in [-0.1, -0.05) is 5.16 Å².